The smallest absolute Gasteiger partial charge is 0.406 e. The summed E-state index contributed by atoms with van der Waals surface area (Å²) < 4.78 is 36.9. The number of aromatic hydroxyl groups is 1. The van der Waals surface area contributed by atoms with E-state index in [9.17, 15) is 33.2 Å². The van der Waals surface area contributed by atoms with Crippen LogP contribution in [0.2, 0.25) is 0 Å². The third-order valence-corrected chi connectivity index (χ3v) is 2.46. The monoisotopic (exact) mass is 292 g/mol. The highest BCUT2D eigenvalue weighted by atomic mass is 19.4. The number of carbonyl (C=O) groups excluding carboxylic acids is 1. The Labute approximate surface area is 111 Å². The van der Waals surface area contributed by atoms with E-state index in [1.807, 2.05) is 0 Å². The number of hydrogen-bond donors (Lipinski definition) is 1. The van der Waals surface area contributed by atoms with Crippen LogP contribution in [-0.4, -0.2) is 40.1 Å². The lowest BCUT2D eigenvalue weighted by Gasteiger charge is -2.22. The molecule has 110 valence electrons. The van der Waals surface area contributed by atoms with E-state index in [-0.39, 0.29) is 12.1 Å². The highest BCUT2D eigenvalue weighted by Crippen LogP contribution is 2.27. The highest BCUT2D eigenvalue weighted by molar-refractivity contribution is 5.95. The van der Waals surface area contributed by atoms with Gasteiger partial charge in [-0.05, 0) is 19.1 Å². The van der Waals surface area contributed by atoms with Crippen molar-refractivity contribution in [1.29, 1.82) is 0 Å². The number of nitro groups is 1. The zero-order valence-corrected chi connectivity index (χ0v) is 10.3. The van der Waals surface area contributed by atoms with Gasteiger partial charge in [-0.3, -0.25) is 14.9 Å². The van der Waals surface area contributed by atoms with Crippen LogP contribution in [0.5, 0.6) is 5.75 Å². The van der Waals surface area contributed by atoms with E-state index in [1.54, 1.807) is 0 Å². The first-order valence-electron chi connectivity index (χ1n) is 5.49. The Morgan fingerprint density at radius 1 is 1.45 bits per heavy atom. The zero-order chi connectivity index (χ0) is 15.5. The molecule has 0 saturated carbocycles. The van der Waals surface area contributed by atoms with Crippen LogP contribution in [0.25, 0.3) is 0 Å². The van der Waals surface area contributed by atoms with Crippen LogP contribution in [0.3, 0.4) is 0 Å². The maximum atomic E-state index is 12.3. The van der Waals surface area contributed by atoms with E-state index in [4.69, 9.17) is 0 Å². The van der Waals surface area contributed by atoms with Gasteiger partial charge < -0.3 is 10.0 Å². The summed E-state index contributed by atoms with van der Waals surface area (Å²) in [5.74, 6) is -1.74. The Morgan fingerprint density at radius 3 is 2.45 bits per heavy atom. The van der Waals surface area contributed by atoms with Crippen molar-refractivity contribution in [2.24, 2.45) is 0 Å². The van der Waals surface area contributed by atoms with E-state index in [0.29, 0.717) is 4.90 Å². The molecule has 1 amide bonds. The van der Waals surface area contributed by atoms with Crippen LogP contribution in [0.4, 0.5) is 18.9 Å². The summed E-state index contributed by atoms with van der Waals surface area (Å²) in [5, 5.41) is 19.8. The summed E-state index contributed by atoms with van der Waals surface area (Å²) in [6.07, 6.45) is -4.55. The van der Waals surface area contributed by atoms with Gasteiger partial charge in [0.2, 0.25) is 0 Å². The van der Waals surface area contributed by atoms with Crippen molar-refractivity contribution in [2.75, 3.05) is 13.1 Å². The highest BCUT2D eigenvalue weighted by Gasteiger charge is 2.33. The molecule has 1 aromatic carbocycles. The maximum absolute atomic E-state index is 12.3. The van der Waals surface area contributed by atoms with Crippen LogP contribution in [0, 0.1) is 10.1 Å². The van der Waals surface area contributed by atoms with E-state index < -0.39 is 35.0 Å². The molecule has 9 heteroatoms. The zero-order valence-electron chi connectivity index (χ0n) is 10.3. The molecule has 0 unspecified atom stereocenters. The molecule has 0 spiro atoms. The minimum atomic E-state index is -4.55. The quantitative estimate of drug-likeness (QED) is 0.682. The summed E-state index contributed by atoms with van der Waals surface area (Å²) in [7, 11) is 0. The van der Waals surface area contributed by atoms with Gasteiger partial charge in [-0.1, -0.05) is 0 Å². The topological polar surface area (TPSA) is 83.7 Å². The first kappa shape index (κ1) is 15.7. The Morgan fingerprint density at radius 2 is 2.05 bits per heavy atom. The normalized spacial score (nSPS) is 11.2. The van der Waals surface area contributed by atoms with Crippen molar-refractivity contribution >= 4 is 11.6 Å². The number of alkyl halides is 3. The number of phenolic OH excluding ortho intramolecular Hbond substituents is 1. The van der Waals surface area contributed by atoms with Crippen LogP contribution >= 0.6 is 0 Å². The second-order valence-corrected chi connectivity index (χ2v) is 3.90. The molecule has 1 aromatic rings. The standard InChI is InChI=1S/C11H11F3N2O4/c1-2-15(6-11(12,13)14)10(18)7-3-4-8(16(19)20)9(17)5-7/h3-5,17H,2,6H2,1H3. The fraction of sp³-hybridized carbons (Fsp3) is 0.364. The number of carbonyl (C=O) groups is 1. The Bertz CT molecular complexity index is 531. The van der Waals surface area contributed by atoms with Gasteiger partial charge in [0.15, 0.2) is 5.75 Å². The number of hydrogen-bond acceptors (Lipinski definition) is 4. The van der Waals surface area contributed by atoms with Crippen molar-refractivity contribution in [3.63, 3.8) is 0 Å². The van der Waals surface area contributed by atoms with Gasteiger partial charge in [-0.2, -0.15) is 13.2 Å². The molecule has 0 saturated heterocycles. The average Bonchev–Trinajstić information content (AvgIpc) is 2.33. The lowest BCUT2D eigenvalue weighted by Crippen LogP contribution is -2.38. The first-order chi connectivity index (χ1) is 9.15. The predicted octanol–water partition coefficient (Wildman–Crippen LogP) is 2.32. The van der Waals surface area contributed by atoms with Gasteiger partial charge in [0.1, 0.15) is 6.54 Å². The fourth-order valence-corrected chi connectivity index (χ4v) is 1.54. The predicted molar refractivity (Wildman–Crippen MR) is 62.4 cm³/mol. The fourth-order valence-electron chi connectivity index (χ4n) is 1.54. The molecule has 0 radical (unpaired) electrons. The lowest BCUT2D eigenvalue weighted by atomic mass is 10.1. The molecule has 0 atom stereocenters. The molecule has 1 rings (SSSR count). The van der Waals surface area contributed by atoms with Crippen molar-refractivity contribution < 1.29 is 28.0 Å². The summed E-state index contributed by atoms with van der Waals surface area (Å²) in [6, 6.07) is 2.64. The van der Waals surface area contributed by atoms with Gasteiger partial charge in [0.25, 0.3) is 5.91 Å². The second-order valence-electron chi connectivity index (χ2n) is 3.90. The van der Waals surface area contributed by atoms with E-state index in [1.165, 1.54) is 6.92 Å². The van der Waals surface area contributed by atoms with Crippen LogP contribution < -0.4 is 0 Å². The summed E-state index contributed by atoms with van der Waals surface area (Å²) in [5.41, 5.74) is -0.875. The Hall–Kier alpha value is -2.32. The van der Waals surface area contributed by atoms with Gasteiger partial charge in [0.05, 0.1) is 4.92 Å². The SMILES string of the molecule is CCN(CC(F)(F)F)C(=O)c1ccc([N+](=O)[O-])c(O)c1. The van der Waals surface area contributed by atoms with Gasteiger partial charge in [-0.25, -0.2) is 0 Å². The minimum absolute atomic E-state index is 0.184. The number of nitrogens with zero attached hydrogens (tertiary/aromatic N) is 2. The van der Waals surface area contributed by atoms with Crippen LogP contribution in [-0.2, 0) is 0 Å². The third kappa shape index (κ3) is 3.84. The van der Waals surface area contributed by atoms with Gasteiger partial charge in [0, 0.05) is 18.2 Å². The van der Waals surface area contributed by atoms with Crippen molar-refractivity contribution in [1.82, 2.24) is 4.90 Å². The number of halogens is 3. The molecule has 0 aromatic heterocycles. The number of benzene rings is 1. The molecule has 0 bridgehead atoms. The first-order valence-corrected chi connectivity index (χ1v) is 5.49. The second kappa shape index (κ2) is 5.76. The van der Waals surface area contributed by atoms with Crippen molar-refractivity contribution in [2.45, 2.75) is 13.1 Å². The third-order valence-electron chi connectivity index (χ3n) is 2.46. The molecule has 0 heterocycles. The van der Waals surface area contributed by atoms with E-state index >= 15 is 0 Å². The van der Waals surface area contributed by atoms with Crippen molar-refractivity contribution in [3.05, 3.63) is 33.9 Å². The van der Waals surface area contributed by atoms with Gasteiger partial charge in [-0.15, -0.1) is 0 Å². The summed E-state index contributed by atoms with van der Waals surface area (Å²) >= 11 is 0. The van der Waals surface area contributed by atoms with E-state index in [0.717, 1.165) is 18.2 Å². The van der Waals surface area contributed by atoms with E-state index in [2.05, 4.69) is 0 Å². The van der Waals surface area contributed by atoms with Crippen molar-refractivity contribution in [3.8, 4) is 5.75 Å². The molecule has 20 heavy (non-hydrogen) atoms. The van der Waals surface area contributed by atoms with Gasteiger partial charge >= 0.3 is 11.9 Å². The largest absolute Gasteiger partial charge is 0.502 e. The Balaban J connectivity index is 3.02. The number of phenols is 1. The number of rotatable bonds is 4. The molecule has 0 aliphatic carbocycles. The molecule has 0 aliphatic heterocycles. The Kier molecular flexibility index (Phi) is 4.53. The number of nitro benzene ring substituents is 1. The minimum Gasteiger partial charge on any atom is -0.502 e. The van der Waals surface area contributed by atoms with Crippen LogP contribution in [0.15, 0.2) is 18.2 Å². The van der Waals surface area contributed by atoms with Crippen LogP contribution in [0.1, 0.15) is 17.3 Å². The molecule has 1 N–H and O–H groups in total. The molecular weight excluding hydrogens is 281 g/mol. The summed E-state index contributed by atoms with van der Waals surface area (Å²) in [4.78, 5) is 22.0. The number of amides is 1. The average molecular weight is 292 g/mol. The maximum Gasteiger partial charge on any atom is 0.406 e. The molecule has 6 nitrogen and oxygen atoms in total. The molecular formula is C11H11F3N2O4. The molecule has 0 fully saturated rings. The lowest BCUT2D eigenvalue weighted by molar-refractivity contribution is -0.385. The summed E-state index contributed by atoms with van der Waals surface area (Å²) in [6.45, 7) is -0.245. The molecule has 0 aliphatic rings.